The highest BCUT2D eigenvalue weighted by Crippen LogP contribution is 2.38. The van der Waals surface area contributed by atoms with Crippen LogP contribution in [0.25, 0.3) is 0 Å². The Labute approximate surface area is 145 Å². The molecule has 0 radical (unpaired) electrons. The van der Waals surface area contributed by atoms with E-state index < -0.39 is 0 Å². The summed E-state index contributed by atoms with van der Waals surface area (Å²) >= 11 is 0. The van der Waals surface area contributed by atoms with E-state index in [1.54, 1.807) is 0 Å². The molecule has 0 spiro atoms. The largest absolute Gasteiger partial charge is 0.378 e. The SMILES string of the molecule is CCCC(=O)c1ccc(NC(c2c(C)n[nH]c2C)C(C)(C)C)cc1. The molecule has 0 aliphatic heterocycles. The highest BCUT2D eigenvalue weighted by atomic mass is 16.1. The quantitative estimate of drug-likeness (QED) is 0.716. The minimum Gasteiger partial charge on any atom is -0.378 e. The number of aromatic nitrogens is 2. The Hall–Kier alpha value is -2.10. The maximum Gasteiger partial charge on any atom is 0.162 e. The van der Waals surface area contributed by atoms with Gasteiger partial charge >= 0.3 is 0 Å². The van der Waals surface area contributed by atoms with Crippen LogP contribution >= 0.6 is 0 Å². The molecule has 1 unspecified atom stereocenters. The number of H-pyrrole nitrogens is 1. The van der Waals surface area contributed by atoms with Crippen molar-refractivity contribution in [3.05, 3.63) is 46.8 Å². The molecule has 2 N–H and O–H groups in total. The predicted octanol–water partition coefficient (Wildman–Crippen LogP) is 5.21. The van der Waals surface area contributed by atoms with Crippen molar-refractivity contribution in [1.82, 2.24) is 10.2 Å². The number of carbonyl (C=O) groups excluding carboxylic acids is 1. The third-order valence-corrected chi connectivity index (χ3v) is 4.33. The van der Waals surface area contributed by atoms with Crippen molar-refractivity contribution < 1.29 is 4.79 Å². The molecule has 1 aromatic carbocycles. The van der Waals surface area contributed by atoms with Gasteiger partial charge in [-0.3, -0.25) is 9.89 Å². The van der Waals surface area contributed by atoms with Crippen molar-refractivity contribution in [1.29, 1.82) is 0 Å². The van der Waals surface area contributed by atoms with Crippen LogP contribution in [0.1, 0.15) is 73.9 Å². The monoisotopic (exact) mass is 327 g/mol. The zero-order valence-corrected chi connectivity index (χ0v) is 15.7. The Morgan fingerprint density at radius 3 is 2.29 bits per heavy atom. The molecule has 0 aliphatic rings. The first-order valence-corrected chi connectivity index (χ1v) is 8.65. The summed E-state index contributed by atoms with van der Waals surface area (Å²) in [6.45, 7) is 12.8. The number of nitrogens with one attached hydrogen (secondary N) is 2. The van der Waals surface area contributed by atoms with Crippen LogP contribution in [0, 0.1) is 19.3 Å². The van der Waals surface area contributed by atoms with Gasteiger partial charge < -0.3 is 5.32 Å². The Kier molecular flexibility index (Phi) is 5.47. The van der Waals surface area contributed by atoms with Crippen molar-refractivity contribution in [2.45, 2.75) is 60.4 Å². The van der Waals surface area contributed by atoms with Gasteiger partial charge in [0.15, 0.2) is 5.78 Å². The van der Waals surface area contributed by atoms with Gasteiger partial charge in [-0.05, 0) is 49.9 Å². The van der Waals surface area contributed by atoms with E-state index in [2.05, 4.69) is 43.2 Å². The number of aromatic amines is 1. The van der Waals surface area contributed by atoms with Gasteiger partial charge in [0.2, 0.25) is 0 Å². The fourth-order valence-electron chi connectivity index (χ4n) is 3.00. The summed E-state index contributed by atoms with van der Waals surface area (Å²) in [5, 5.41) is 11.0. The first-order chi connectivity index (χ1) is 11.2. The first-order valence-electron chi connectivity index (χ1n) is 8.65. The summed E-state index contributed by atoms with van der Waals surface area (Å²) < 4.78 is 0. The molecular formula is C20H29N3O. The average molecular weight is 327 g/mol. The second-order valence-electron chi connectivity index (χ2n) is 7.54. The highest BCUT2D eigenvalue weighted by molar-refractivity contribution is 5.96. The normalized spacial score (nSPS) is 12.9. The fourth-order valence-corrected chi connectivity index (χ4v) is 3.00. The van der Waals surface area contributed by atoms with Gasteiger partial charge in [0.25, 0.3) is 0 Å². The number of carbonyl (C=O) groups is 1. The van der Waals surface area contributed by atoms with Crippen molar-refractivity contribution in [3.63, 3.8) is 0 Å². The second-order valence-corrected chi connectivity index (χ2v) is 7.54. The lowest BCUT2D eigenvalue weighted by Crippen LogP contribution is -2.26. The van der Waals surface area contributed by atoms with Crippen molar-refractivity contribution in [3.8, 4) is 0 Å². The maximum absolute atomic E-state index is 12.0. The van der Waals surface area contributed by atoms with Crippen LogP contribution in [0.15, 0.2) is 24.3 Å². The topological polar surface area (TPSA) is 57.8 Å². The molecule has 0 saturated carbocycles. The van der Waals surface area contributed by atoms with E-state index in [9.17, 15) is 4.79 Å². The molecule has 2 rings (SSSR count). The van der Waals surface area contributed by atoms with Gasteiger partial charge in [-0.2, -0.15) is 5.10 Å². The van der Waals surface area contributed by atoms with Gasteiger partial charge in [0, 0.05) is 28.9 Å². The van der Waals surface area contributed by atoms with E-state index in [0.29, 0.717) is 6.42 Å². The standard InChI is InChI=1S/C20H29N3O/c1-7-8-17(24)15-9-11-16(12-10-15)21-19(20(4,5)6)18-13(2)22-23-14(18)3/h9-12,19,21H,7-8H2,1-6H3,(H,22,23). The Morgan fingerprint density at radius 2 is 1.83 bits per heavy atom. The minimum atomic E-state index is 0.0239. The van der Waals surface area contributed by atoms with E-state index in [-0.39, 0.29) is 17.2 Å². The van der Waals surface area contributed by atoms with Gasteiger partial charge in [0.05, 0.1) is 11.7 Å². The lowest BCUT2D eigenvalue weighted by molar-refractivity contribution is 0.0982. The molecule has 0 saturated heterocycles. The second kappa shape index (κ2) is 7.20. The summed E-state index contributed by atoms with van der Waals surface area (Å²) in [5.74, 6) is 0.206. The maximum atomic E-state index is 12.0. The minimum absolute atomic E-state index is 0.0239. The molecule has 1 heterocycles. The molecular weight excluding hydrogens is 298 g/mol. The molecule has 0 aliphatic carbocycles. The third-order valence-electron chi connectivity index (χ3n) is 4.33. The number of hydrogen-bond acceptors (Lipinski definition) is 3. The number of aryl methyl sites for hydroxylation is 2. The molecule has 24 heavy (non-hydrogen) atoms. The average Bonchev–Trinajstić information content (AvgIpc) is 2.84. The number of benzene rings is 1. The van der Waals surface area contributed by atoms with E-state index in [1.807, 2.05) is 38.1 Å². The zero-order chi connectivity index (χ0) is 17.9. The predicted molar refractivity (Wildman–Crippen MR) is 99.6 cm³/mol. The van der Waals surface area contributed by atoms with Gasteiger partial charge in [-0.1, -0.05) is 27.7 Å². The Bertz CT molecular complexity index is 673. The van der Waals surface area contributed by atoms with Gasteiger partial charge in [0.1, 0.15) is 0 Å². The summed E-state index contributed by atoms with van der Waals surface area (Å²) in [7, 11) is 0. The lowest BCUT2D eigenvalue weighted by Gasteiger charge is -2.33. The van der Waals surface area contributed by atoms with E-state index in [4.69, 9.17) is 0 Å². The van der Waals surface area contributed by atoms with Crippen LogP contribution in [0.3, 0.4) is 0 Å². The van der Waals surface area contributed by atoms with Crippen LogP contribution in [0.4, 0.5) is 5.69 Å². The molecule has 0 amide bonds. The smallest absolute Gasteiger partial charge is 0.162 e. The zero-order valence-electron chi connectivity index (χ0n) is 15.7. The molecule has 130 valence electrons. The van der Waals surface area contributed by atoms with Crippen LogP contribution < -0.4 is 5.32 Å². The van der Waals surface area contributed by atoms with Crippen LogP contribution in [-0.4, -0.2) is 16.0 Å². The molecule has 4 nitrogen and oxygen atoms in total. The van der Waals surface area contributed by atoms with Crippen LogP contribution in [-0.2, 0) is 0 Å². The Balaban J connectivity index is 2.27. The molecule has 1 aromatic heterocycles. The van der Waals surface area contributed by atoms with Crippen LogP contribution in [0.5, 0.6) is 0 Å². The number of nitrogens with zero attached hydrogens (tertiary/aromatic N) is 1. The summed E-state index contributed by atoms with van der Waals surface area (Å²) in [6.07, 6.45) is 1.48. The van der Waals surface area contributed by atoms with Gasteiger partial charge in [-0.15, -0.1) is 0 Å². The van der Waals surface area contributed by atoms with Crippen LogP contribution in [0.2, 0.25) is 0 Å². The molecule has 0 fully saturated rings. The Morgan fingerprint density at radius 1 is 1.21 bits per heavy atom. The van der Waals surface area contributed by atoms with E-state index >= 15 is 0 Å². The number of rotatable bonds is 6. The van der Waals surface area contributed by atoms with Crippen molar-refractivity contribution in [2.75, 3.05) is 5.32 Å². The van der Waals surface area contributed by atoms with Crippen molar-refractivity contribution in [2.24, 2.45) is 5.41 Å². The summed E-state index contributed by atoms with van der Waals surface area (Å²) in [6, 6.07) is 7.94. The van der Waals surface area contributed by atoms with E-state index in [0.717, 1.165) is 29.1 Å². The fraction of sp³-hybridized carbons (Fsp3) is 0.500. The van der Waals surface area contributed by atoms with Crippen molar-refractivity contribution >= 4 is 11.5 Å². The molecule has 2 aromatic rings. The molecule has 4 heteroatoms. The number of Topliss-reactive ketones (excluding diaryl/α,β-unsaturated/α-hetero) is 1. The first kappa shape index (κ1) is 18.2. The number of anilines is 1. The highest BCUT2D eigenvalue weighted by Gasteiger charge is 2.30. The molecule has 1 atom stereocenters. The summed E-state index contributed by atoms with van der Waals surface area (Å²) in [5.41, 5.74) is 5.15. The number of hydrogen-bond donors (Lipinski definition) is 2. The van der Waals surface area contributed by atoms with Gasteiger partial charge in [-0.25, -0.2) is 0 Å². The molecule has 0 bridgehead atoms. The lowest BCUT2D eigenvalue weighted by atomic mass is 9.81. The summed E-state index contributed by atoms with van der Waals surface area (Å²) in [4.78, 5) is 12.0. The third kappa shape index (κ3) is 4.05. The van der Waals surface area contributed by atoms with E-state index in [1.165, 1.54) is 5.56 Å². The number of ketones is 1.